The summed E-state index contributed by atoms with van der Waals surface area (Å²) in [5, 5.41) is 6.82. The molecular formula is C44H40O8P2. The first-order valence-corrected chi connectivity index (χ1v) is 20.5. The normalized spacial score (nSPS) is 13.8. The van der Waals surface area contributed by atoms with E-state index in [2.05, 4.69) is 66.7 Å². The van der Waals surface area contributed by atoms with Crippen LogP contribution >= 0.6 is 15.8 Å². The van der Waals surface area contributed by atoms with Crippen LogP contribution in [-0.4, -0.2) is 53.9 Å². The third-order valence-electron chi connectivity index (χ3n) is 9.03. The van der Waals surface area contributed by atoms with Crippen molar-refractivity contribution in [2.45, 2.75) is 0 Å². The molecule has 0 atom stereocenters. The van der Waals surface area contributed by atoms with Crippen molar-refractivity contribution >= 4 is 47.7 Å². The fourth-order valence-electron chi connectivity index (χ4n) is 6.71. The highest BCUT2D eigenvalue weighted by atomic mass is 31.1. The van der Waals surface area contributed by atoms with Crippen LogP contribution in [0.1, 0.15) is 0 Å². The Labute approximate surface area is 318 Å². The lowest BCUT2D eigenvalue weighted by Gasteiger charge is -2.31. The molecule has 0 fully saturated rings. The van der Waals surface area contributed by atoms with E-state index >= 15 is 0 Å². The predicted molar refractivity (Wildman–Crippen MR) is 216 cm³/mol. The summed E-state index contributed by atoms with van der Waals surface area (Å²) in [6.07, 6.45) is 0. The van der Waals surface area contributed by atoms with E-state index < -0.39 is 15.8 Å². The van der Waals surface area contributed by atoms with E-state index in [9.17, 15) is 0 Å². The van der Waals surface area contributed by atoms with Crippen LogP contribution in [0.15, 0.2) is 133 Å². The van der Waals surface area contributed by atoms with E-state index in [-0.39, 0.29) is 0 Å². The molecule has 3 heterocycles. The average molecular weight is 759 g/mol. The van der Waals surface area contributed by atoms with Gasteiger partial charge in [-0.2, -0.15) is 0 Å². The summed E-state index contributed by atoms with van der Waals surface area (Å²) in [5.41, 5.74) is 0. The number of hydrogen-bond acceptors (Lipinski definition) is 8. The topological polar surface area (TPSA) is 73.8 Å². The van der Waals surface area contributed by atoms with Crippen molar-refractivity contribution in [2.24, 2.45) is 0 Å². The third kappa shape index (κ3) is 7.24. The van der Waals surface area contributed by atoms with Crippen LogP contribution in [0.25, 0.3) is 0 Å². The second-order valence-corrected chi connectivity index (χ2v) is 16.5. The van der Waals surface area contributed by atoms with Gasteiger partial charge in [-0.05, 0) is 69.7 Å². The summed E-state index contributed by atoms with van der Waals surface area (Å²) in [5.74, 6) is 6.46. The van der Waals surface area contributed by atoms with Gasteiger partial charge in [0.2, 0.25) is 0 Å². The van der Waals surface area contributed by atoms with Crippen LogP contribution in [0, 0.1) is 0 Å². The minimum absolute atomic E-state index is 0.520. The highest BCUT2D eigenvalue weighted by molar-refractivity contribution is 7.80. The van der Waals surface area contributed by atoms with E-state index in [1.807, 2.05) is 66.7 Å². The lowest BCUT2D eigenvalue weighted by Crippen LogP contribution is -2.30. The monoisotopic (exact) mass is 758 g/mol. The summed E-state index contributed by atoms with van der Waals surface area (Å²) in [7, 11) is 1.59. The number of hydrogen-bond donors (Lipinski definition) is 0. The molecule has 0 saturated heterocycles. The first-order chi connectivity index (χ1) is 26.7. The summed E-state index contributed by atoms with van der Waals surface area (Å²) in [6.45, 7) is 3.20. The largest absolute Gasteiger partial charge is 0.496 e. The van der Waals surface area contributed by atoms with Gasteiger partial charge in [0.05, 0.1) is 14.2 Å². The maximum atomic E-state index is 6.11. The highest BCUT2D eigenvalue weighted by Crippen LogP contribution is 2.49. The SMILES string of the molecule is COc1ccccc1P(c1ccccc1)c1ccccc1OC.c1cc2c(c(P(c3cccc4c3OCCO4)c3cccc4c3OCCO4)c1)OCCO2. The summed E-state index contributed by atoms with van der Waals surface area (Å²) >= 11 is 0. The maximum absolute atomic E-state index is 6.11. The third-order valence-corrected chi connectivity index (χ3v) is 14.0. The Bertz CT molecular complexity index is 2020. The molecule has 0 spiro atoms. The molecule has 8 nitrogen and oxygen atoms in total. The minimum atomic E-state index is -1.10. The number of methoxy groups -OCH3 is 2. The Morgan fingerprint density at radius 2 is 0.704 bits per heavy atom. The van der Waals surface area contributed by atoms with Crippen molar-refractivity contribution < 1.29 is 37.9 Å². The summed E-state index contributed by atoms with van der Waals surface area (Å²) in [6, 6.07) is 45.2. The zero-order valence-corrected chi connectivity index (χ0v) is 31.9. The zero-order valence-electron chi connectivity index (χ0n) is 30.1. The molecule has 0 bridgehead atoms. The molecule has 0 N–H and O–H groups in total. The first kappa shape index (κ1) is 35.6. The quantitative estimate of drug-likeness (QED) is 0.170. The fourth-order valence-corrected chi connectivity index (χ4v) is 11.9. The van der Waals surface area contributed by atoms with E-state index in [4.69, 9.17) is 37.9 Å². The van der Waals surface area contributed by atoms with Crippen molar-refractivity contribution in [3.63, 3.8) is 0 Å². The van der Waals surface area contributed by atoms with Crippen LogP contribution in [0.3, 0.4) is 0 Å². The van der Waals surface area contributed by atoms with Crippen LogP contribution < -0.4 is 69.7 Å². The van der Waals surface area contributed by atoms with Gasteiger partial charge in [-0.25, -0.2) is 0 Å². The van der Waals surface area contributed by atoms with Gasteiger partial charge in [0.1, 0.15) is 51.1 Å². The molecule has 0 radical (unpaired) electrons. The Hall–Kier alpha value is -5.42. The molecule has 0 aromatic heterocycles. The first-order valence-electron chi connectivity index (χ1n) is 17.8. The van der Waals surface area contributed by atoms with Gasteiger partial charge in [-0.15, -0.1) is 0 Å². The fraction of sp³-hybridized carbons (Fsp3) is 0.182. The molecule has 54 heavy (non-hydrogen) atoms. The van der Waals surface area contributed by atoms with Crippen molar-refractivity contribution in [1.29, 1.82) is 0 Å². The maximum Gasteiger partial charge on any atom is 0.169 e. The lowest BCUT2D eigenvalue weighted by molar-refractivity contribution is 0.172. The van der Waals surface area contributed by atoms with Crippen molar-refractivity contribution in [1.82, 2.24) is 0 Å². The Morgan fingerprint density at radius 3 is 1.11 bits per heavy atom. The van der Waals surface area contributed by atoms with Crippen molar-refractivity contribution in [3.8, 4) is 46.0 Å². The second kappa shape index (κ2) is 16.7. The van der Waals surface area contributed by atoms with Gasteiger partial charge in [0, 0.05) is 26.5 Å². The number of fused-ring (bicyclic) bond motifs is 3. The van der Waals surface area contributed by atoms with E-state index in [0.29, 0.717) is 39.6 Å². The molecule has 3 aliphatic heterocycles. The highest BCUT2D eigenvalue weighted by Gasteiger charge is 2.33. The molecule has 6 aromatic rings. The van der Waals surface area contributed by atoms with E-state index in [1.54, 1.807) is 14.2 Å². The van der Waals surface area contributed by atoms with Crippen molar-refractivity contribution in [3.05, 3.63) is 133 Å². The van der Waals surface area contributed by atoms with Gasteiger partial charge >= 0.3 is 0 Å². The van der Waals surface area contributed by atoms with Gasteiger partial charge in [0.15, 0.2) is 34.5 Å². The molecule has 0 saturated carbocycles. The van der Waals surface area contributed by atoms with E-state index in [0.717, 1.165) is 61.9 Å². The smallest absolute Gasteiger partial charge is 0.169 e. The van der Waals surface area contributed by atoms with Crippen LogP contribution in [0.5, 0.6) is 46.0 Å². The molecular weight excluding hydrogens is 718 g/mol. The molecule has 0 amide bonds. The average Bonchev–Trinajstić information content (AvgIpc) is 3.25. The molecule has 3 aliphatic rings. The number of para-hydroxylation sites is 5. The van der Waals surface area contributed by atoms with Gasteiger partial charge in [0.25, 0.3) is 0 Å². The molecule has 0 unspecified atom stereocenters. The van der Waals surface area contributed by atoms with Crippen molar-refractivity contribution in [2.75, 3.05) is 53.9 Å². The molecule has 0 aliphatic carbocycles. The van der Waals surface area contributed by atoms with Gasteiger partial charge < -0.3 is 37.9 Å². The molecule has 9 rings (SSSR count). The number of rotatable bonds is 8. The van der Waals surface area contributed by atoms with E-state index in [1.165, 1.54) is 15.9 Å². The van der Waals surface area contributed by atoms with Gasteiger partial charge in [-0.3, -0.25) is 0 Å². The molecule has 6 aromatic carbocycles. The van der Waals surface area contributed by atoms with Crippen LogP contribution in [-0.2, 0) is 0 Å². The summed E-state index contributed by atoms with van der Waals surface area (Å²) < 4.78 is 47.2. The zero-order chi connectivity index (χ0) is 36.7. The Kier molecular flexibility index (Phi) is 11.0. The Morgan fingerprint density at radius 1 is 0.352 bits per heavy atom. The lowest BCUT2D eigenvalue weighted by atomic mass is 10.3. The number of benzene rings is 6. The molecule has 274 valence electrons. The van der Waals surface area contributed by atoms with Crippen LogP contribution in [0.2, 0.25) is 0 Å². The predicted octanol–water partition coefficient (Wildman–Crippen LogP) is 6.22. The number of ether oxygens (including phenoxy) is 8. The summed E-state index contributed by atoms with van der Waals surface area (Å²) in [4.78, 5) is 0. The molecule has 10 heteroatoms. The van der Waals surface area contributed by atoms with Gasteiger partial charge in [-0.1, -0.05) is 84.9 Å². The second-order valence-electron chi connectivity index (χ2n) is 12.3. The Balaban J connectivity index is 0.000000161. The minimum Gasteiger partial charge on any atom is -0.496 e. The van der Waals surface area contributed by atoms with Crippen LogP contribution in [0.4, 0.5) is 0 Å². The standard InChI is InChI=1S/C24H21O6P.C20H19O2P/c1-4-16-22(28-13-10-25-16)19(7-1)31(20-8-2-5-17-23(20)29-14-11-26-17)21-9-3-6-18-24(21)30-15-12-27-18;1-21-17-12-6-8-14-19(17)23(16-10-4-3-5-11-16)20-15-9-7-13-18(20)22-2/h1-9H,10-15H2;3-15H,1-2H3.